The zero-order valence-electron chi connectivity index (χ0n) is 17.5. The molecule has 0 aliphatic heterocycles. The Morgan fingerprint density at radius 3 is 2.12 bits per heavy atom. The van der Waals surface area contributed by atoms with Crippen LogP contribution in [-0.4, -0.2) is 0 Å². The second-order valence-electron chi connectivity index (χ2n) is 7.44. The summed E-state index contributed by atoms with van der Waals surface area (Å²) in [7, 11) is 0. The molecule has 0 aliphatic carbocycles. The molecule has 156 valence electrons. The Labute approximate surface area is 191 Å². The summed E-state index contributed by atoms with van der Waals surface area (Å²) >= 11 is 5.68. The summed E-state index contributed by atoms with van der Waals surface area (Å²) in [6.45, 7) is 2.16. The third kappa shape index (κ3) is 5.00. The smallest absolute Gasteiger partial charge is 0.146 e. The van der Waals surface area contributed by atoms with Gasteiger partial charge in [-0.05, 0) is 65.9 Å². The topological polar surface area (TPSA) is 0 Å². The summed E-state index contributed by atoms with van der Waals surface area (Å²) in [4.78, 5) is 0. The third-order valence-electron chi connectivity index (χ3n) is 5.06. The van der Waals surface area contributed by atoms with Crippen LogP contribution in [0.4, 0.5) is 8.78 Å². The lowest BCUT2D eigenvalue weighted by molar-refractivity contribution is 0.628. The summed E-state index contributed by atoms with van der Waals surface area (Å²) in [6, 6.07) is 21.3. The van der Waals surface area contributed by atoms with Gasteiger partial charge in [-0.25, -0.2) is 8.78 Å². The van der Waals surface area contributed by atoms with Crippen LogP contribution in [0.1, 0.15) is 41.2 Å². The Bertz CT molecular complexity index is 1410. The van der Waals surface area contributed by atoms with E-state index in [4.69, 9.17) is 11.6 Å². The molecule has 0 saturated heterocycles. The molecule has 0 bridgehead atoms. The fraction of sp³-hybridized carbons (Fsp3) is 0.103. The van der Waals surface area contributed by atoms with E-state index in [2.05, 4.69) is 42.7 Å². The first kappa shape index (κ1) is 21.6. The molecule has 0 fully saturated rings. The highest BCUT2D eigenvalue weighted by molar-refractivity contribution is 6.30. The van der Waals surface area contributed by atoms with Crippen LogP contribution in [-0.2, 0) is 6.42 Å². The van der Waals surface area contributed by atoms with Crippen molar-refractivity contribution < 1.29 is 8.78 Å². The number of aryl methyl sites for hydroxylation is 1. The average Bonchev–Trinajstić information content (AvgIpc) is 2.80. The molecule has 0 heterocycles. The minimum Gasteiger partial charge on any atom is -0.205 e. The molecule has 0 amide bonds. The molecule has 0 spiro atoms. The second kappa shape index (κ2) is 9.69. The molecule has 0 aliphatic rings. The number of halogens is 3. The SMILES string of the molecule is CCCc1ccc(C#Cc2ccc3c(F)c(C#Cc4ccc(Cl)c(F)c4)ccc3c2)cc1. The lowest BCUT2D eigenvalue weighted by atomic mass is 10.0. The van der Waals surface area contributed by atoms with E-state index in [9.17, 15) is 8.78 Å². The first-order valence-corrected chi connectivity index (χ1v) is 10.7. The zero-order valence-corrected chi connectivity index (χ0v) is 18.2. The fourth-order valence-corrected chi connectivity index (χ4v) is 3.48. The lowest BCUT2D eigenvalue weighted by Crippen LogP contribution is -1.88. The Morgan fingerprint density at radius 2 is 1.38 bits per heavy atom. The molecule has 0 N–H and O–H groups in total. The molecule has 4 aromatic carbocycles. The highest BCUT2D eigenvalue weighted by atomic mass is 35.5. The van der Waals surface area contributed by atoms with Gasteiger partial charge in [0.15, 0.2) is 0 Å². The van der Waals surface area contributed by atoms with Gasteiger partial charge in [0, 0.05) is 22.1 Å². The Hall–Kier alpha value is -3.59. The van der Waals surface area contributed by atoms with Crippen molar-refractivity contribution in [1.29, 1.82) is 0 Å². The largest absolute Gasteiger partial charge is 0.205 e. The Balaban J connectivity index is 1.59. The summed E-state index contributed by atoms with van der Waals surface area (Å²) in [5, 5.41) is 1.24. The molecule has 0 saturated carbocycles. The number of rotatable bonds is 2. The van der Waals surface area contributed by atoms with Crippen molar-refractivity contribution >= 4 is 22.4 Å². The van der Waals surface area contributed by atoms with Crippen molar-refractivity contribution in [3.05, 3.63) is 117 Å². The van der Waals surface area contributed by atoms with Gasteiger partial charge in [0.05, 0.1) is 10.6 Å². The van der Waals surface area contributed by atoms with E-state index >= 15 is 0 Å². The average molecular weight is 441 g/mol. The van der Waals surface area contributed by atoms with Gasteiger partial charge < -0.3 is 0 Å². The van der Waals surface area contributed by atoms with E-state index in [0.29, 0.717) is 10.9 Å². The van der Waals surface area contributed by atoms with Crippen LogP contribution in [0.5, 0.6) is 0 Å². The van der Waals surface area contributed by atoms with E-state index in [1.54, 1.807) is 24.3 Å². The van der Waals surface area contributed by atoms with Gasteiger partial charge in [0.2, 0.25) is 0 Å². The monoisotopic (exact) mass is 440 g/mol. The number of benzene rings is 4. The molecule has 0 radical (unpaired) electrons. The normalized spacial score (nSPS) is 10.2. The van der Waals surface area contributed by atoms with Gasteiger partial charge in [0.1, 0.15) is 11.6 Å². The van der Waals surface area contributed by atoms with Gasteiger partial charge in [-0.1, -0.05) is 72.9 Å². The predicted octanol–water partition coefficient (Wildman–Crippen LogP) is 7.52. The Morgan fingerprint density at radius 1 is 0.719 bits per heavy atom. The van der Waals surface area contributed by atoms with Crippen molar-refractivity contribution in [3.63, 3.8) is 0 Å². The van der Waals surface area contributed by atoms with Crippen LogP contribution in [0.2, 0.25) is 5.02 Å². The van der Waals surface area contributed by atoms with Gasteiger partial charge >= 0.3 is 0 Å². The maximum Gasteiger partial charge on any atom is 0.146 e. The highest BCUT2D eigenvalue weighted by Crippen LogP contribution is 2.22. The quantitative estimate of drug-likeness (QED) is 0.283. The van der Waals surface area contributed by atoms with Gasteiger partial charge in [-0.3, -0.25) is 0 Å². The fourth-order valence-electron chi connectivity index (χ4n) is 3.37. The summed E-state index contributed by atoms with van der Waals surface area (Å²) < 4.78 is 28.5. The zero-order chi connectivity index (χ0) is 22.5. The van der Waals surface area contributed by atoms with Gasteiger partial charge in [-0.2, -0.15) is 0 Å². The maximum absolute atomic E-state index is 15.0. The van der Waals surface area contributed by atoms with Crippen molar-refractivity contribution in [2.45, 2.75) is 19.8 Å². The molecule has 0 unspecified atom stereocenters. The van der Waals surface area contributed by atoms with Gasteiger partial charge in [-0.15, -0.1) is 0 Å². The van der Waals surface area contributed by atoms with Crippen LogP contribution in [0, 0.1) is 35.3 Å². The van der Waals surface area contributed by atoms with E-state index in [1.165, 1.54) is 17.7 Å². The molecular formula is C29H19ClF2. The van der Waals surface area contributed by atoms with Crippen LogP contribution >= 0.6 is 11.6 Å². The van der Waals surface area contributed by atoms with Crippen molar-refractivity contribution in [2.24, 2.45) is 0 Å². The van der Waals surface area contributed by atoms with Crippen LogP contribution in [0.15, 0.2) is 72.8 Å². The number of hydrogen-bond acceptors (Lipinski definition) is 0. The summed E-state index contributed by atoms with van der Waals surface area (Å²) in [6.07, 6.45) is 2.18. The molecule has 4 rings (SSSR count). The number of fused-ring (bicyclic) bond motifs is 1. The van der Waals surface area contributed by atoms with Crippen LogP contribution < -0.4 is 0 Å². The van der Waals surface area contributed by atoms with Crippen molar-refractivity contribution in [1.82, 2.24) is 0 Å². The van der Waals surface area contributed by atoms with Crippen molar-refractivity contribution in [3.8, 4) is 23.7 Å². The highest BCUT2D eigenvalue weighted by Gasteiger charge is 2.06. The maximum atomic E-state index is 15.0. The molecule has 3 heteroatoms. The number of hydrogen-bond donors (Lipinski definition) is 0. The molecule has 0 nitrogen and oxygen atoms in total. The van der Waals surface area contributed by atoms with Crippen LogP contribution in [0.25, 0.3) is 10.8 Å². The van der Waals surface area contributed by atoms with Crippen LogP contribution in [0.3, 0.4) is 0 Å². The molecule has 4 aromatic rings. The Kier molecular flexibility index (Phi) is 6.55. The van der Waals surface area contributed by atoms with E-state index in [-0.39, 0.29) is 10.6 Å². The second-order valence-corrected chi connectivity index (χ2v) is 7.85. The first-order valence-electron chi connectivity index (χ1n) is 10.3. The minimum absolute atomic E-state index is 0.0276. The van der Waals surface area contributed by atoms with Crippen molar-refractivity contribution in [2.75, 3.05) is 0 Å². The molecule has 32 heavy (non-hydrogen) atoms. The predicted molar refractivity (Wildman–Crippen MR) is 128 cm³/mol. The third-order valence-corrected chi connectivity index (χ3v) is 5.37. The van der Waals surface area contributed by atoms with Gasteiger partial charge in [0.25, 0.3) is 0 Å². The van der Waals surface area contributed by atoms with E-state index < -0.39 is 11.6 Å². The molecule has 0 atom stereocenters. The molecule has 0 aromatic heterocycles. The summed E-state index contributed by atoms with van der Waals surface area (Å²) in [5.41, 5.74) is 3.74. The molecular weight excluding hydrogens is 422 g/mol. The lowest BCUT2D eigenvalue weighted by Gasteiger charge is -2.03. The standard InChI is InChI=1S/C29H19ClF2/c1-2-3-20-4-6-21(7-5-20)8-9-22-11-16-26-25(18-22)15-14-24(29(26)32)13-10-23-12-17-27(30)28(31)19-23/h4-7,11-12,14-19H,2-3H2,1H3. The van der Waals surface area contributed by atoms with E-state index in [0.717, 1.165) is 29.4 Å². The first-order chi connectivity index (χ1) is 15.5. The summed E-state index contributed by atoms with van der Waals surface area (Å²) in [5.74, 6) is 10.9. The minimum atomic E-state index is -0.553. The van der Waals surface area contributed by atoms with E-state index in [1.807, 2.05) is 24.3 Å².